The summed E-state index contributed by atoms with van der Waals surface area (Å²) in [5.74, 6) is -1.61. The zero-order valence-corrected chi connectivity index (χ0v) is 18.6. The van der Waals surface area contributed by atoms with Crippen molar-refractivity contribution < 1.29 is 33.0 Å². The highest BCUT2D eigenvalue weighted by atomic mass is 16.6. The van der Waals surface area contributed by atoms with E-state index in [2.05, 4.69) is 0 Å². The van der Waals surface area contributed by atoms with Crippen molar-refractivity contribution in [1.82, 2.24) is 0 Å². The van der Waals surface area contributed by atoms with E-state index < -0.39 is 52.6 Å². The van der Waals surface area contributed by atoms with Crippen LogP contribution in [0.2, 0.25) is 0 Å². The van der Waals surface area contributed by atoms with Gasteiger partial charge in [-0.25, -0.2) is 4.79 Å². The van der Waals surface area contributed by atoms with Crippen LogP contribution in [0, 0.1) is 11.3 Å². The monoisotopic (exact) mass is 432 g/mol. The SMILES string of the molecule is CC(=O)O[C@@H]1c2c(cc(=O)oc2C(C)C)[C@]2(C)[C@H]3[C@@H]1OC(=O)[C@@]3(C)CC[C@H]2OC(C)=O. The maximum Gasteiger partial charge on any atom is 0.336 e. The smallest absolute Gasteiger partial charge is 0.336 e. The molecule has 4 rings (SSSR count). The van der Waals surface area contributed by atoms with Crippen molar-refractivity contribution in [3.63, 3.8) is 0 Å². The number of rotatable bonds is 3. The largest absolute Gasteiger partial charge is 0.462 e. The average Bonchev–Trinajstić information content (AvgIpc) is 2.93. The fourth-order valence-electron chi connectivity index (χ4n) is 6.12. The zero-order valence-electron chi connectivity index (χ0n) is 18.6. The Kier molecular flexibility index (Phi) is 4.83. The lowest BCUT2D eigenvalue weighted by atomic mass is 9.48. The molecule has 0 amide bonds. The van der Waals surface area contributed by atoms with E-state index in [1.165, 1.54) is 19.9 Å². The molecule has 1 aromatic heterocycles. The molecule has 1 aromatic rings. The summed E-state index contributed by atoms with van der Waals surface area (Å²) in [6.07, 6.45) is -1.35. The first-order chi connectivity index (χ1) is 14.4. The summed E-state index contributed by atoms with van der Waals surface area (Å²) in [5.41, 5.74) is -1.18. The summed E-state index contributed by atoms with van der Waals surface area (Å²) in [6, 6.07) is 1.39. The third kappa shape index (κ3) is 2.94. The normalized spacial score (nSPS) is 35.8. The Bertz CT molecular complexity index is 1020. The predicted molar refractivity (Wildman–Crippen MR) is 107 cm³/mol. The molecule has 1 saturated heterocycles. The second-order valence-electron chi connectivity index (χ2n) is 9.63. The van der Waals surface area contributed by atoms with Gasteiger partial charge in [-0.3, -0.25) is 14.4 Å². The van der Waals surface area contributed by atoms with Crippen molar-refractivity contribution >= 4 is 17.9 Å². The van der Waals surface area contributed by atoms with Gasteiger partial charge in [0.25, 0.3) is 0 Å². The number of hydrogen-bond donors (Lipinski definition) is 0. The number of fused-ring (bicyclic) bond motifs is 2. The summed E-state index contributed by atoms with van der Waals surface area (Å²) in [7, 11) is 0. The first kappa shape index (κ1) is 21.6. The Balaban J connectivity index is 2.07. The van der Waals surface area contributed by atoms with Crippen molar-refractivity contribution in [1.29, 1.82) is 0 Å². The highest BCUT2D eigenvalue weighted by molar-refractivity contribution is 5.81. The van der Waals surface area contributed by atoms with Crippen molar-refractivity contribution in [3.05, 3.63) is 33.4 Å². The van der Waals surface area contributed by atoms with Crippen LogP contribution in [-0.2, 0) is 34.0 Å². The zero-order chi connectivity index (χ0) is 22.9. The second kappa shape index (κ2) is 6.93. The van der Waals surface area contributed by atoms with Gasteiger partial charge in [-0.1, -0.05) is 20.8 Å². The van der Waals surface area contributed by atoms with Gasteiger partial charge in [0.1, 0.15) is 18.0 Å². The van der Waals surface area contributed by atoms with E-state index in [-0.39, 0.29) is 11.9 Å². The van der Waals surface area contributed by atoms with Crippen LogP contribution in [0.4, 0.5) is 0 Å². The van der Waals surface area contributed by atoms with Gasteiger partial charge in [-0.05, 0) is 25.3 Å². The Labute approximate surface area is 180 Å². The third-order valence-corrected chi connectivity index (χ3v) is 7.28. The van der Waals surface area contributed by atoms with E-state index in [1.807, 2.05) is 27.7 Å². The van der Waals surface area contributed by atoms with E-state index in [4.69, 9.17) is 18.6 Å². The van der Waals surface area contributed by atoms with Gasteiger partial charge in [0.15, 0.2) is 6.10 Å². The molecule has 3 aliphatic rings. The molecule has 31 heavy (non-hydrogen) atoms. The highest BCUT2D eigenvalue weighted by Gasteiger charge is 2.71. The minimum Gasteiger partial charge on any atom is -0.462 e. The molecular formula is C23H28O8. The van der Waals surface area contributed by atoms with E-state index in [0.717, 1.165) is 0 Å². The summed E-state index contributed by atoms with van der Waals surface area (Å²) in [5, 5.41) is 0. The third-order valence-electron chi connectivity index (χ3n) is 7.28. The van der Waals surface area contributed by atoms with E-state index in [1.54, 1.807) is 0 Å². The summed E-state index contributed by atoms with van der Waals surface area (Å²) < 4.78 is 22.8. The van der Waals surface area contributed by atoms with E-state index in [9.17, 15) is 19.2 Å². The molecule has 0 aromatic carbocycles. The number of esters is 3. The minimum atomic E-state index is -0.908. The lowest BCUT2D eigenvalue weighted by molar-refractivity contribution is -0.170. The fourth-order valence-corrected chi connectivity index (χ4v) is 6.12. The van der Waals surface area contributed by atoms with Crippen molar-refractivity contribution in [3.8, 4) is 0 Å². The average molecular weight is 432 g/mol. The molecule has 2 aliphatic carbocycles. The molecule has 0 radical (unpaired) electrons. The van der Waals surface area contributed by atoms with Gasteiger partial charge in [0.2, 0.25) is 0 Å². The molecule has 1 aliphatic heterocycles. The van der Waals surface area contributed by atoms with Crippen LogP contribution in [0.5, 0.6) is 0 Å². The van der Waals surface area contributed by atoms with Gasteiger partial charge in [0, 0.05) is 42.7 Å². The van der Waals surface area contributed by atoms with Crippen LogP contribution in [0.25, 0.3) is 0 Å². The molecule has 6 atom stereocenters. The highest BCUT2D eigenvalue weighted by Crippen LogP contribution is 2.65. The minimum absolute atomic E-state index is 0.194. The molecular weight excluding hydrogens is 404 g/mol. The van der Waals surface area contributed by atoms with Gasteiger partial charge in [-0.15, -0.1) is 0 Å². The van der Waals surface area contributed by atoms with Gasteiger partial charge < -0.3 is 18.6 Å². The van der Waals surface area contributed by atoms with Crippen LogP contribution in [0.15, 0.2) is 15.3 Å². The number of ether oxygens (including phenoxy) is 3. The van der Waals surface area contributed by atoms with Crippen LogP contribution < -0.4 is 5.63 Å². The second-order valence-corrected chi connectivity index (χ2v) is 9.63. The van der Waals surface area contributed by atoms with Gasteiger partial charge in [0.05, 0.1) is 5.41 Å². The van der Waals surface area contributed by atoms with E-state index >= 15 is 0 Å². The fraction of sp³-hybridized carbons (Fsp3) is 0.652. The van der Waals surface area contributed by atoms with Crippen LogP contribution in [0.3, 0.4) is 0 Å². The Morgan fingerprint density at radius 2 is 1.77 bits per heavy atom. The summed E-state index contributed by atoms with van der Waals surface area (Å²) in [6.45, 7) is 10.1. The molecule has 0 bridgehead atoms. The molecule has 2 fully saturated rings. The molecule has 0 spiro atoms. The van der Waals surface area contributed by atoms with E-state index in [0.29, 0.717) is 29.7 Å². The number of carbonyl (C=O) groups is 3. The van der Waals surface area contributed by atoms with Gasteiger partial charge in [-0.2, -0.15) is 0 Å². The molecule has 0 N–H and O–H groups in total. The Hall–Kier alpha value is -2.64. The lowest BCUT2D eigenvalue weighted by Gasteiger charge is -2.55. The molecule has 8 heteroatoms. The van der Waals surface area contributed by atoms with Crippen LogP contribution in [-0.4, -0.2) is 30.1 Å². The predicted octanol–water partition coefficient (Wildman–Crippen LogP) is 2.91. The topological polar surface area (TPSA) is 109 Å². The molecule has 0 unspecified atom stereocenters. The van der Waals surface area contributed by atoms with Crippen molar-refractivity contribution in [2.24, 2.45) is 11.3 Å². The first-order valence-electron chi connectivity index (χ1n) is 10.6. The Morgan fingerprint density at radius 1 is 1.13 bits per heavy atom. The standard InChI is InChI=1S/C23H28O8/c1-10(2)17-16-13(9-15(26)30-17)23(6)14(28-11(3)24)7-8-22(5)20(23)19(31-21(22)27)18(16)29-12(4)25/h9-10,14,18-20H,7-8H2,1-6H3/t14-,18-,19-,20+,22+,23+/m1/s1. The number of hydrogen-bond acceptors (Lipinski definition) is 8. The molecule has 2 heterocycles. The molecule has 8 nitrogen and oxygen atoms in total. The van der Waals surface area contributed by atoms with Gasteiger partial charge >= 0.3 is 23.5 Å². The maximum atomic E-state index is 13.1. The summed E-state index contributed by atoms with van der Waals surface area (Å²) >= 11 is 0. The molecule has 168 valence electrons. The quantitative estimate of drug-likeness (QED) is 0.530. The van der Waals surface area contributed by atoms with Crippen molar-refractivity contribution in [2.45, 2.75) is 84.0 Å². The maximum absolute atomic E-state index is 13.1. The molecule has 1 saturated carbocycles. The van der Waals surface area contributed by atoms with Crippen molar-refractivity contribution in [2.75, 3.05) is 0 Å². The first-order valence-corrected chi connectivity index (χ1v) is 10.6. The lowest BCUT2D eigenvalue weighted by Crippen LogP contribution is -2.61. The Morgan fingerprint density at radius 3 is 2.35 bits per heavy atom. The number of carbonyl (C=O) groups excluding carboxylic acids is 3. The summed E-state index contributed by atoms with van der Waals surface area (Å²) in [4.78, 5) is 49.6. The van der Waals surface area contributed by atoms with Crippen LogP contribution >= 0.6 is 0 Å². The van der Waals surface area contributed by atoms with Crippen LogP contribution in [0.1, 0.15) is 83.3 Å².